The molecule has 3 aromatic heterocycles. The van der Waals surface area contributed by atoms with Gasteiger partial charge in [0.2, 0.25) is 5.88 Å². The molecule has 0 amide bonds. The summed E-state index contributed by atoms with van der Waals surface area (Å²) in [6, 6.07) is 18.4. The molecule has 0 fully saturated rings. The molecule has 188 valence electrons. The van der Waals surface area contributed by atoms with Gasteiger partial charge in [-0.15, -0.1) is 0 Å². The molecule has 0 aliphatic carbocycles. The number of methoxy groups -OCH3 is 1. The summed E-state index contributed by atoms with van der Waals surface area (Å²) in [6.07, 6.45) is 1.73. The Kier molecular flexibility index (Phi) is 7.39. The zero-order valence-electron chi connectivity index (χ0n) is 20.0. The van der Waals surface area contributed by atoms with Crippen LogP contribution in [-0.4, -0.2) is 33.2 Å². The topological polar surface area (TPSA) is 62.1 Å². The summed E-state index contributed by atoms with van der Waals surface area (Å²) in [5, 5.41) is 0.386. The van der Waals surface area contributed by atoms with Crippen LogP contribution in [0.4, 0.5) is 8.78 Å². The molecule has 0 spiro atoms. The van der Waals surface area contributed by atoms with Gasteiger partial charge in [0, 0.05) is 43.5 Å². The van der Waals surface area contributed by atoms with E-state index in [1.807, 2.05) is 28.8 Å². The van der Waals surface area contributed by atoms with Gasteiger partial charge in [-0.3, -0.25) is 0 Å². The standard InChI is InChI=1S/C28H23ClF2N4O2/c1-36-12-11-35-25-7-3-2-5-24(25)33-27(35)14-19-13-22(31)20(15-21(19)30)23-6-4-8-28(34-23)37-17-18-9-10-26(29)32-16-18/h2-10,13,15-16H,11-12,14,17H2,1H3. The minimum Gasteiger partial charge on any atom is -0.473 e. The van der Waals surface area contributed by atoms with E-state index in [9.17, 15) is 0 Å². The van der Waals surface area contributed by atoms with Crippen LogP contribution in [0.1, 0.15) is 17.0 Å². The minimum atomic E-state index is -0.581. The van der Waals surface area contributed by atoms with Crippen molar-refractivity contribution < 1.29 is 18.3 Å². The number of aromatic nitrogens is 4. The van der Waals surface area contributed by atoms with Crippen molar-refractivity contribution in [2.75, 3.05) is 13.7 Å². The molecule has 0 aliphatic rings. The number of benzene rings is 2. The maximum Gasteiger partial charge on any atom is 0.214 e. The number of ether oxygens (including phenoxy) is 2. The first-order valence-electron chi connectivity index (χ1n) is 11.6. The number of rotatable bonds is 9. The SMILES string of the molecule is COCCn1c(Cc2cc(F)c(-c3cccc(OCc4ccc(Cl)nc4)n3)cc2F)nc2ccccc21. The van der Waals surface area contributed by atoms with Crippen LogP contribution in [0.5, 0.6) is 5.88 Å². The second kappa shape index (κ2) is 11.0. The first kappa shape index (κ1) is 24.8. The summed E-state index contributed by atoms with van der Waals surface area (Å²) >= 11 is 5.81. The fraction of sp³-hybridized carbons (Fsp3) is 0.179. The van der Waals surface area contributed by atoms with E-state index >= 15 is 8.78 Å². The van der Waals surface area contributed by atoms with Gasteiger partial charge in [0.05, 0.1) is 23.3 Å². The minimum absolute atomic E-state index is 0.0488. The van der Waals surface area contributed by atoms with Crippen molar-refractivity contribution in [1.82, 2.24) is 19.5 Å². The van der Waals surface area contributed by atoms with Gasteiger partial charge in [-0.1, -0.05) is 35.9 Å². The lowest BCUT2D eigenvalue weighted by molar-refractivity contribution is 0.187. The van der Waals surface area contributed by atoms with Crippen LogP contribution < -0.4 is 4.74 Å². The monoisotopic (exact) mass is 520 g/mol. The molecule has 2 aromatic carbocycles. The van der Waals surface area contributed by atoms with E-state index in [1.165, 1.54) is 12.1 Å². The highest BCUT2D eigenvalue weighted by Gasteiger charge is 2.17. The Labute approximate surface area is 217 Å². The van der Waals surface area contributed by atoms with E-state index in [0.717, 1.165) is 16.6 Å². The molecule has 9 heteroatoms. The zero-order valence-corrected chi connectivity index (χ0v) is 20.8. The van der Waals surface area contributed by atoms with E-state index < -0.39 is 11.6 Å². The predicted molar refractivity (Wildman–Crippen MR) is 138 cm³/mol. The third-order valence-electron chi connectivity index (χ3n) is 5.91. The Bertz CT molecular complexity index is 1540. The normalized spacial score (nSPS) is 11.2. The summed E-state index contributed by atoms with van der Waals surface area (Å²) in [5.74, 6) is -0.206. The number of pyridine rings is 2. The third-order valence-corrected chi connectivity index (χ3v) is 6.14. The predicted octanol–water partition coefficient (Wildman–Crippen LogP) is 6.24. The maximum atomic E-state index is 15.2. The second-order valence-electron chi connectivity index (χ2n) is 8.40. The number of hydrogen-bond acceptors (Lipinski definition) is 5. The molecule has 37 heavy (non-hydrogen) atoms. The average molecular weight is 521 g/mol. The van der Waals surface area contributed by atoms with Crippen LogP contribution >= 0.6 is 11.6 Å². The number of fused-ring (bicyclic) bond motifs is 1. The summed E-state index contributed by atoms with van der Waals surface area (Å²) in [7, 11) is 1.62. The van der Waals surface area contributed by atoms with Crippen LogP contribution in [0, 0.1) is 11.6 Å². The molecule has 6 nitrogen and oxygen atoms in total. The van der Waals surface area contributed by atoms with Crippen LogP contribution in [0.15, 0.2) is 72.9 Å². The Morgan fingerprint density at radius 2 is 1.81 bits per heavy atom. The number of nitrogens with zero attached hydrogens (tertiary/aromatic N) is 4. The van der Waals surface area contributed by atoms with Crippen LogP contribution in [-0.2, 0) is 24.3 Å². The first-order chi connectivity index (χ1) is 18.0. The molecule has 5 aromatic rings. The van der Waals surface area contributed by atoms with Crippen molar-refractivity contribution in [2.45, 2.75) is 19.6 Å². The maximum absolute atomic E-state index is 15.2. The molecule has 0 aliphatic heterocycles. The molecule has 0 bridgehead atoms. The van der Waals surface area contributed by atoms with Crippen molar-refractivity contribution in [1.29, 1.82) is 0 Å². The fourth-order valence-corrected chi connectivity index (χ4v) is 4.19. The van der Waals surface area contributed by atoms with E-state index in [-0.39, 0.29) is 35.7 Å². The van der Waals surface area contributed by atoms with E-state index in [2.05, 4.69) is 15.0 Å². The zero-order chi connectivity index (χ0) is 25.8. The highest BCUT2D eigenvalue weighted by Crippen LogP contribution is 2.28. The van der Waals surface area contributed by atoms with Crippen molar-refractivity contribution >= 4 is 22.6 Å². The summed E-state index contributed by atoms with van der Waals surface area (Å²) in [5.41, 5.74) is 3.03. The van der Waals surface area contributed by atoms with Crippen molar-refractivity contribution in [3.63, 3.8) is 0 Å². The summed E-state index contributed by atoms with van der Waals surface area (Å²) in [4.78, 5) is 13.0. The largest absolute Gasteiger partial charge is 0.473 e. The molecular weight excluding hydrogens is 498 g/mol. The first-order valence-corrected chi connectivity index (χ1v) is 12.0. The van der Waals surface area contributed by atoms with Crippen molar-refractivity contribution in [3.8, 4) is 17.1 Å². The van der Waals surface area contributed by atoms with Gasteiger partial charge in [0.1, 0.15) is 29.2 Å². The molecule has 5 rings (SSSR count). The Morgan fingerprint density at radius 3 is 2.62 bits per heavy atom. The lowest BCUT2D eigenvalue weighted by atomic mass is 10.0. The lowest BCUT2D eigenvalue weighted by Crippen LogP contribution is -2.10. The number of imidazole rings is 1. The third kappa shape index (κ3) is 5.60. The molecule has 0 saturated carbocycles. The lowest BCUT2D eigenvalue weighted by Gasteiger charge is -2.11. The van der Waals surface area contributed by atoms with Gasteiger partial charge >= 0.3 is 0 Å². The van der Waals surface area contributed by atoms with Gasteiger partial charge < -0.3 is 14.0 Å². The van der Waals surface area contributed by atoms with Gasteiger partial charge in [0.25, 0.3) is 0 Å². The highest BCUT2D eigenvalue weighted by molar-refractivity contribution is 6.29. The quantitative estimate of drug-likeness (QED) is 0.215. The van der Waals surface area contributed by atoms with Crippen molar-refractivity contribution in [3.05, 3.63) is 107 Å². The van der Waals surface area contributed by atoms with Crippen LogP contribution in [0.25, 0.3) is 22.3 Å². The van der Waals surface area contributed by atoms with E-state index in [1.54, 1.807) is 43.6 Å². The van der Waals surface area contributed by atoms with Gasteiger partial charge in [-0.2, -0.15) is 0 Å². The molecule has 0 saturated heterocycles. The number of para-hydroxylation sites is 2. The molecule has 0 atom stereocenters. The Balaban J connectivity index is 1.39. The average Bonchev–Trinajstić information content (AvgIpc) is 3.26. The Morgan fingerprint density at radius 1 is 0.946 bits per heavy atom. The van der Waals surface area contributed by atoms with Gasteiger partial charge in [0.15, 0.2) is 0 Å². The summed E-state index contributed by atoms with van der Waals surface area (Å²) < 4.78 is 43.4. The van der Waals surface area contributed by atoms with Gasteiger partial charge in [-0.25, -0.2) is 23.7 Å². The van der Waals surface area contributed by atoms with E-state index in [4.69, 9.17) is 21.1 Å². The fourth-order valence-electron chi connectivity index (χ4n) is 4.08. The highest BCUT2D eigenvalue weighted by atomic mass is 35.5. The molecule has 0 radical (unpaired) electrons. The second-order valence-corrected chi connectivity index (χ2v) is 8.79. The molecule has 0 unspecified atom stereocenters. The van der Waals surface area contributed by atoms with Crippen molar-refractivity contribution in [2.24, 2.45) is 0 Å². The molecule has 3 heterocycles. The van der Waals surface area contributed by atoms with Crippen LogP contribution in [0.3, 0.4) is 0 Å². The van der Waals surface area contributed by atoms with Gasteiger partial charge in [-0.05, 0) is 42.0 Å². The smallest absolute Gasteiger partial charge is 0.214 e. The van der Waals surface area contributed by atoms with Crippen LogP contribution in [0.2, 0.25) is 5.15 Å². The Hall–Kier alpha value is -3.88. The molecular formula is C28H23ClF2N4O2. The molecule has 0 N–H and O–H groups in total. The number of halogens is 3. The number of hydrogen-bond donors (Lipinski definition) is 0. The van der Waals surface area contributed by atoms with E-state index in [0.29, 0.717) is 24.1 Å². The summed E-state index contributed by atoms with van der Waals surface area (Å²) in [6.45, 7) is 1.24.